The Morgan fingerprint density at radius 3 is 2.76 bits per heavy atom. The quantitative estimate of drug-likeness (QED) is 0.540. The summed E-state index contributed by atoms with van der Waals surface area (Å²) in [5, 5.41) is 16.3. The van der Waals surface area contributed by atoms with Crippen LogP contribution in [0.4, 0.5) is 11.6 Å². The first kappa shape index (κ1) is 22.5. The van der Waals surface area contributed by atoms with Gasteiger partial charge in [0.05, 0.1) is 40.9 Å². The van der Waals surface area contributed by atoms with Gasteiger partial charge in [0, 0.05) is 63.7 Å². The second-order valence-electron chi connectivity index (χ2n) is 8.78. The third-order valence-electron chi connectivity index (χ3n) is 6.45. The number of ether oxygens (including phenoxy) is 1. The standard InChI is InChI=1S/C22H26N8O3S/c1-28-14-18(12-25-28)26-21-24-8-2-20(27-21)17-3-9-29(13-17)22(6-7-23)15-30(16-22)34(31,32)19-4-10-33-11-5-19/h2-3,8-9,12-14,19H,4-6,10-11,15-16H2,1H3,(H,24,26,27). The molecule has 0 amide bonds. The molecule has 2 fully saturated rings. The Hall–Kier alpha value is -3.27. The van der Waals surface area contributed by atoms with Gasteiger partial charge in [-0.2, -0.15) is 14.7 Å². The Morgan fingerprint density at radius 2 is 2.06 bits per heavy atom. The molecule has 0 saturated carbocycles. The molecule has 12 heteroatoms. The lowest BCUT2D eigenvalue weighted by Gasteiger charge is -2.50. The fourth-order valence-corrected chi connectivity index (χ4v) is 6.58. The fourth-order valence-electron chi connectivity index (χ4n) is 4.53. The van der Waals surface area contributed by atoms with Crippen molar-refractivity contribution in [2.45, 2.75) is 30.1 Å². The lowest BCUT2D eigenvalue weighted by molar-refractivity contribution is 0.0745. The number of nitrogens with one attached hydrogen (secondary N) is 1. The van der Waals surface area contributed by atoms with Crippen LogP contribution in [-0.2, 0) is 27.3 Å². The molecule has 2 saturated heterocycles. The van der Waals surface area contributed by atoms with E-state index in [9.17, 15) is 13.7 Å². The summed E-state index contributed by atoms with van der Waals surface area (Å²) in [5.41, 5.74) is 1.78. The van der Waals surface area contributed by atoms with Crippen molar-refractivity contribution in [1.29, 1.82) is 5.26 Å². The Kier molecular flexibility index (Phi) is 5.85. The number of hydrogen-bond acceptors (Lipinski definition) is 8. The van der Waals surface area contributed by atoms with Crippen molar-refractivity contribution in [3.8, 4) is 17.3 Å². The number of anilines is 2. The van der Waals surface area contributed by atoms with Crippen LogP contribution in [0.2, 0.25) is 0 Å². The number of aromatic nitrogens is 5. The van der Waals surface area contributed by atoms with Crippen molar-refractivity contribution in [2.75, 3.05) is 31.6 Å². The van der Waals surface area contributed by atoms with Crippen molar-refractivity contribution < 1.29 is 13.2 Å². The van der Waals surface area contributed by atoms with Crippen molar-refractivity contribution in [2.24, 2.45) is 7.05 Å². The van der Waals surface area contributed by atoms with Gasteiger partial charge in [-0.15, -0.1) is 0 Å². The summed E-state index contributed by atoms with van der Waals surface area (Å²) < 4.78 is 36.6. The Morgan fingerprint density at radius 1 is 1.26 bits per heavy atom. The maximum absolute atomic E-state index is 13.1. The van der Waals surface area contributed by atoms with Gasteiger partial charge in [-0.05, 0) is 25.0 Å². The topological polar surface area (TPSA) is 131 Å². The van der Waals surface area contributed by atoms with Gasteiger partial charge in [-0.1, -0.05) is 0 Å². The molecule has 0 aliphatic carbocycles. The van der Waals surface area contributed by atoms with E-state index in [1.54, 1.807) is 17.1 Å². The maximum Gasteiger partial charge on any atom is 0.227 e. The zero-order valence-electron chi connectivity index (χ0n) is 18.8. The van der Waals surface area contributed by atoms with Crippen LogP contribution in [0.25, 0.3) is 11.3 Å². The van der Waals surface area contributed by atoms with E-state index in [-0.39, 0.29) is 19.5 Å². The molecule has 3 aromatic heterocycles. The van der Waals surface area contributed by atoms with Crippen LogP contribution >= 0.6 is 0 Å². The molecule has 1 N–H and O–H groups in total. The Balaban J connectivity index is 1.34. The second-order valence-corrected chi connectivity index (χ2v) is 11.0. The number of sulfonamides is 1. The molecule has 3 aromatic rings. The van der Waals surface area contributed by atoms with Gasteiger partial charge in [-0.25, -0.2) is 18.4 Å². The third kappa shape index (κ3) is 4.18. The maximum atomic E-state index is 13.1. The first-order valence-corrected chi connectivity index (χ1v) is 12.6. The SMILES string of the molecule is Cn1cc(Nc2nccc(-c3ccn(C4(CC#N)CN(S(=O)(=O)C5CCOCC5)C4)c3)n2)cn1. The van der Waals surface area contributed by atoms with E-state index < -0.39 is 20.8 Å². The summed E-state index contributed by atoms with van der Waals surface area (Å²) in [4.78, 5) is 8.86. The molecule has 0 aromatic carbocycles. The fraction of sp³-hybridized carbons (Fsp3) is 0.455. The predicted octanol–water partition coefficient (Wildman–Crippen LogP) is 1.86. The average Bonchev–Trinajstić information content (AvgIpc) is 3.46. The first-order valence-electron chi connectivity index (χ1n) is 11.1. The summed E-state index contributed by atoms with van der Waals surface area (Å²) in [5.74, 6) is 0.447. The van der Waals surface area contributed by atoms with Crippen molar-refractivity contribution in [3.63, 3.8) is 0 Å². The number of aryl methyl sites for hydroxylation is 1. The van der Waals surface area contributed by atoms with Crippen LogP contribution in [0.3, 0.4) is 0 Å². The van der Waals surface area contributed by atoms with E-state index in [0.29, 0.717) is 32.0 Å². The Labute approximate surface area is 198 Å². The van der Waals surface area contributed by atoms with Gasteiger partial charge in [0.1, 0.15) is 0 Å². The van der Waals surface area contributed by atoms with Gasteiger partial charge < -0.3 is 14.6 Å². The number of rotatable bonds is 7. The van der Waals surface area contributed by atoms with E-state index >= 15 is 0 Å². The molecule has 2 aliphatic heterocycles. The smallest absolute Gasteiger partial charge is 0.227 e. The molecule has 0 spiro atoms. The van der Waals surface area contributed by atoms with E-state index in [1.807, 2.05) is 42.3 Å². The monoisotopic (exact) mass is 482 g/mol. The molecular weight excluding hydrogens is 456 g/mol. The minimum Gasteiger partial charge on any atom is -0.381 e. The molecule has 5 heterocycles. The van der Waals surface area contributed by atoms with E-state index in [4.69, 9.17) is 4.74 Å². The van der Waals surface area contributed by atoms with Crippen LogP contribution in [0.15, 0.2) is 43.1 Å². The second kappa shape index (κ2) is 8.83. The highest BCUT2D eigenvalue weighted by Gasteiger charge is 2.51. The van der Waals surface area contributed by atoms with Crippen LogP contribution < -0.4 is 5.32 Å². The van der Waals surface area contributed by atoms with E-state index in [1.165, 1.54) is 4.31 Å². The predicted molar refractivity (Wildman–Crippen MR) is 124 cm³/mol. The van der Waals surface area contributed by atoms with Gasteiger partial charge in [0.2, 0.25) is 16.0 Å². The third-order valence-corrected chi connectivity index (χ3v) is 8.74. The highest BCUT2D eigenvalue weighted by Crippen LogP contribution is 2.38. The van der Waals surface area contributed by atoms with Crippen molar-refractivity contribution >= 4 is 21.7 Å². The first-order chi connectivity index (χ1) is 16.4. The zero-order valence-corrected chi connectivity index (χ0v) is 19.6. The molecule has 34 heavy (non-hydrogen) atoms. The van der Waals surface area contributed by atoms with Gasteiger partial charge in [0.25, 0.3) is 0 Å². The molecule has 0 bridgehead atoms. The highest BCUT2D eigenvalue weighted by atomic mass is 32.2. The Bertz CT molecular complexity index is 1310. The number of nitriles is 1. The summed E-state index contributed by atoms with van der Waals surface area (Å²) >= 11 is 0. The molecule has 11 nitrogen and oxygen atoms in total. The van der Waals surface area contributed by atoms with Crippen LogP contribution in [0, 0.1) is 11.3 Å². The van der Waals surface area contributed by atoms with E-state index in [0.717, 1.165) is 16.9 Å². The highest BCUT2D eigenvalue weighted by molar-refractivity contribution is 7.89. The van der Waals surface area contributed by atoms with Crippen LogP contribution in [0.5, 0.6) is 0 Å². The summed E-state index contributed by atoms with van der Waals surface area (Å²) in [7, 11) is -1.57. The van der Waals surface area contributed by atoms with Crippen LogP contribution in [-0.4, -0.2) is 68.6 Å². The van der Waals surface area contributed by atoms with Gasteiger partial charge in [0.15, 0.2) is 0 Å². The molecule has 178 valence electrons. The molecule has 5 rings (SSSR count). The minimum absolute atomic E-state index is 0.221. The largest absolute Gasteiger partial charge is 0.381 e. The van der Waals surface area contributed by atoms with Gasteiger partial charge >= 0.3 is 0 Å². The molecule has 2 aliphatic rings. The summed E-state index contributed by atoms with van der Waals surface area (Å²) in [6, 6.07) is 5.98. The lowest BCUT2D eigenvalue weighted by Crippen LogP contribution is -2.65. The van der Waals surface area contributed by atoms with Crippen molar-refractivity contribution in [3.05, 3.63) is 43.1 Å². The molecular formula is C22H26N8O3S. The lowest BCUT2D eigenvalue weighted by atomic mass is 9.89. The van der Waals surface area contributed by atoms with Gasteiger partial charge in [-0.3, -0.25) is 4.68 Å². The number of nitrogens with zero attached hydrogens (tertiary/aromatic N) is 7. The van der Waals surface area contributed by atoms with Crippen molar-refractivity contribution in [1.82, 2.24) is 28.6 Å². The summed E-state index contributed by atoms with van der Waals surface area (Å²) in [6.07, 6.45) is 10.3. The number of hydrogen-bond donors (Lipinski definition) is 1. The summed E-state index contributed by atoms with van der Waals surface area (Å²) in [6.45, 7) is 1.51. The van der Waals surface area contributed by atoms with E-state index in [2.05, 4.69) is 26.5 Å². The molecule has 0 radical (unpaired) electrons. The zero-order chi connectivity index (χ0) is 23.8. The normalized spacial score (nSPS) is 18.8. The molecule has 0 unspecified atom stereocenters. The van der Waals surface area contributed by atoms with Crippen LogP contribution in [0.1, 0.15) is 19.3 Å². The average molecular weight is 483 g/mol. The molecule has 0 atom stereocenters. The minimum atomic E-state index is -3.41.